The molecule has 0 spiro atoms. The molecule has 34 heavy (non-hydrogen) atoms. The fourth-order valence-electron chi connectivity index (χ4n) is 3.55. The van der Waals surface area contributed by atoms with E-state index < -0.39 is 6.10 Å². The van der Waals surface area contributed by atoms with Crippen molar-refractivity contribution >= 4 is 24.2 Å². The summed E-state index contributed by atoms with van der Waals surface area (Å²) < 4.78 is 11.5. The van der Waals surface area contributed by atoms with Crippen LogP contribution in [0, 0.1) is 6.92 Å². The van der Waals surface area contributed by atoms with Gasteiger partial charge < -0.3 is 30.2 Å². The molecule has 1 saturated heterocycles. The van der Waals surface area contributed by atoms with E-state index >= 15 is 0 Å². The Labute approximate surface area is 204 Å². The van der Waals surface area contributed by atoms with Gasteiger partial charge in [-0.1, -0.05) is 12.1 Å². The molecule has 1 aromatic heterocycles. The van der Waals surface area contributed by atoms with Gasteiger partial charge in [0.25, 0.3) is 5.91 Å². The number of nitrogens with zero attached hydrogens (tertiary/aromatic N) is 4. The van der Waals surface area contributed by atoms with Gasteiger partial charge in [0.2, 0.25) is 6.10 Å². The Morgan fingerprint density at radius 2 is 1.65 bits per heavy atom. The molecule has 9 nitrogen and oxygen atoms in total. The molecule has 1 unspecified atom stereocenters. The normalized spacial score (nSPS) is 16.2. The van der Waals surface area contributed by atoms with Gasteiger partial charge in [0, 0.05) is 48.7 Å². The van der Waals surface area contributed by atoms with E-state index in [2.05, 4.69) is 39.6 Å². The first-order valence-electron chi connectivity index (χ1n) is 10.5. The van der Waals surface area contributed by atoms with Crippen LogP contribution < -0.4 is 14.4 Å². The maximum absolute atomic E-state index is 12.7. The molecule has 2 aliphatic rings. The van der Waals surface area contributed by atoms with E-state index in [1.807, 2.05) is 54.3 Å². The third-order valence-corrected chi connectivity index (χ3v) is 5.62. The van der Waals surface area contributed by atoms with Gasteiger partial charge in [-0.05, 0) is 49.4 Å². The Morgan fingerprint density at radius 3 is 2.24 bits per heavy atom. The Morgan fingerprint density at radius 1 is 0.971 bits per heavy atom. The van der Waals surface area contributed by atoms with Crippen molar-refractivity contribution in [1.82, 2.24) is 14.9 Å². The van der Waals surface area contributed by atoms with Crippen molar-refractivity contribution in [2.24, 2.45) is 0 Å². The van der Waals surface area contributed by atoms with E-state index in [1.165, 1.54) is 6.33 Å². The number of amides is 1. The summed E-state index contributed by atoms with van der Waals surface area (Å²) >= 11 is 4.32. The number of aryl methyl sites for hydroxylation is 1. The molecule has 1 atom stereocenters. The zero-order valence-corrected chi connectivity index (χ0v) is 19.8. The van der Waals surface area contributed by atoms with Crippen molar-refractivity contribution in [3.05, 3.63) is 72.8 Å². The number of piperazine rings is 1. The highest BCUT2D eigenvalue weighted by Crippen LogP contribution is 2.31. The molecule has 1 fully saturated rings. The van der Waals surface area contributed by atoms with Crippen molar-refractivity contribution in [2.45, 2.75) is 17.9 Å². The Balaban J connectivity index is 0.000000393. The molecule has 4 N–H and O–H groups in total. The van der Waals surface area contributed by atoms with Crippen LogP contribution >= 0.6 is 12.6 Å². The number of fused-ring (bicyclic) bond motifs is 1. The lowest BCUT2D eigenvalue weighted by atomic mass is 10.2. The lowest BCUT2D eigenvalue weighted by Crippen LogP contribution is -2.54. The highest BCUT2D eigenvalue weighted by molar-refractivity contribution is 7.80. The summed E-state index contributed by atoms with van der Waals surface area (Å²) in [5.74, 6) is 1.33. The lowest BCUT2D eigenvalue weighted by Gasteiger charge is -2.38. The molecule has 1 amide bonds. The van der Waals surface area contributed by atoms with Crippen molar-refractivity contribution in [3.8, 4) is 11.5 Å². The van der Waals surface area contributed by atoms with Crippen LogP contribution in [-0.4, -0.2) is 70.6 Å². The van der Waals surface area contributed by atoms with Crippen molar-refractivity contribution < 1.29 is 25.2 Å². The van der Waals surface area contributed by atoms with Crippen LogP contribution in [0.5, 0.6) is 11.5 Å². The maximum Gasteiger partial charge on any atom is 0.267 e. The summed E-state index contributed by atoms with van der Waals surface area (Å²) in [4.78, 5) is 25.4. The minimum Gasteiger partial charge on any atom is -0.485 e. The zero-order valence-electron chi connectivity index (χ0n) is 18.9. The van der Waals surface area contributed by atoms with Crippen molar-refractivity contribution in [2.75, 3.05) is 37.7 Å². The minimum atomic E-state index is -0.565. The van der Waals surface area contributed by atoms with Gasteiger partial charge in [0.1, 0.15) is 12.9 Å². The molecule has 0 radical (unpaired) electrons. The number of hydrogen-bond acceptors (Lipinski definition) is 7. The third kappa shape index (κ3) is 6.83. The number of benzene rings is 2. The molecule has 3 aromatic rings. The SMILES string of the molecule is Cc1ccncn1.O.O.O=C(C1COc2ccccc2O1)N1CCN(c2ccc(S)cc2)CC1. The maximum atomic E-state index is 12.7. The highest BCUT2D eigenvalue weighted by atomic mass is 32.1. The van der Waals surface area contributed by atoms with Crippen LogP contribution in [0.15, 0.2) is 72.0 Å². The summed E-state index contributed by atoms with van der Waals surface area (Å²) in [6.07, 6.45) is 2.70. The van der Waals surface area contributed by atoms with E-state index in [9.17, 15) is 4.79 Å². The molecular weight excluding hydrogens is 456 g/mol. The van der Waals surface area contributed by atoms with Crippen molar-refractivity contribution in [1.29, 1.82) is 0 Å². The molecule has 182 valence electrons. The first-order chi connectivity index (χ1) is 15.6. The second kappa shape index (κ2) is 12.8. The minimum absolute atomic E-state index is 0. The van der Waals surface area contributed by atoms with Crippen LogP contribution in [0.2, 0.25) is 0 Å². The van der Waals surface area contributed by atoms with E-state index in [4.69, 9.17) is 9.47 Å². The number of ether oxygens (including phenoxy) is 2. The van der Waals surface area contributed by atoms with E-state index in [1.54, 1.807) is 6.20 Å². The van der Waals surface area contributed by atoms with Gasteiger partial charge >= 0.3 is 0 Å². The molecule has 0 bridgehead atoms. The van der Waals surface area contributed by atoms with Gasteiger partial charge in [0.05, 0.1) is 0 Å². The molecule has 0 aliphatic carbocycles. The average molecular weight is 487 g/mol. The number of para-hydroxylation sites is 2. The van der Waals surface area contributed by atoms with Gasteiger partial charge in [-0.3, -0.25) is 4.79 Å². The second-order valence-corrected chi connectivity index (χ2v) is 8.06. The van der Waals surface area contributed by atoms with E-state index in [0.717, 1.165) is 29.4 Å². The first-order valence-corrected chi connectivity index (χ1v) is 11.0. The summed E-state index contributed by atoms with van der Waals surface area (Å²) in [7, 11) is 0. The van der Waals surface area contributed by atoms with Gasteiger partial charge in [-0.2, -0.15) is 0 Å². The predicted octanol–water partition coefficient (Wildman–Crippen LogP) is 1.60. The lowest BCUT2D eigenvalue weighted by molar-refractivity contribution is -0.141. The standard InChI is InChI=1S/C19H20N2O3S.C5H6N2.2H2O/c22-19(18-13-23-16-3-1-2-4-17(16)24-18)21-11-9-20(10-12-21)14-5-7-15(25)8-6-14;1-5-2-3-6-4-7-5;;/h1-8,18,25H,9-13H2;2-4H,1H3;2*1H2. The van der Waals surface area contributed by atoms with Crippen LogP contribution in [0.25, 0.3) is 0 Å². The van der Waals surface area contributed by atoms with Gasteiger partial charge in [0.15, 0.2) is 11.5 Å². The first kappa shape index (κ1) is 26.9. The monoisotopic (exact) mass is 486 g/mol. The topological polar surface area (TPSA) is 131 Å². The van der Waals surface area contributed by atoms with E-state index in [0.29, 0.717) is 24.6 Å². The van der Waals surface area contributed by atoms with E-state index in [-0.39, 0.29) is 23.5 Å². The fourth-order valence-corrected chi connectivity index (χ4v) is 3.70. The summed E-state index contributed by atoms with van der Waals surface area (Å²) in [6.45, 7) is 5.18. The molecular formula is C24H30N4O5S. The second-order valence-electron chi connectivity index (χ2n) is 7.54. The number of carbonyl (C=O) groups is 1. The van der Waals surface area contributed by atoms with Crippen LogP contribution in [-0.2, 0) is 4.79 Å². The number of thiol groups is 1. The number of aromatic nitrogens is 2. The van der Waals surface area contributed by atoms with Crippen molar-refractivity contribution in [3.63, 3.8) is 0 Å². The van der Waals surface area contributed by atoms with Crippen LogP contribution in [0.1, 0.15) is 5.69 Å². The molecule has 2 aromatic carbocycles. The fraction of sp³-hybridized carbons (Fsp3) is 0.292. The number of anilines is 1. The molecule has 2 aliphatic heterocycles. The molecule has 5 rings (SSSR count). The van der Waals surface area contributed by atoms with Gasteiger partial charge in [-0.15, -0.1) is 12.6 Å². The molecule has 10 heteroatoms. The largest absolute Gasteiger partial charge is 0.485 e. The number of carbonyl (C=O) groups excluding carboxylic acids is 1. The summed E-state index contributed by atoms with van der Waals surface area (Å²) in [5.41, 5.74) is 2.17. The predicted molar refractivity (Wildman–Crippen MR) is 133 cm³/mol. The molecule has 0 saturated carbocycles. The number of rotatable bonds is 2. The zero-order chi connectivity index (χ0) is 22.3. The van der Waals surface area contributed by atoms with Crippen LogP contribution in [0.4, 0.5) is 5.69 Å². The Kier molecular flexibility index (Phi) is 10.1. The summed E-state index contributed by atoms with van der Waals surface area (Å²) in [5, 5.41) is 0. The third-order valence-electron chi connectivity index (χ3n) is 5.32. The van der Waals surface area contributed by atoms with Crippen LogP contribution in [0.3, 0.4) is 0 Å². The average Bonchev–Trinajstić information content (AvgIpc) is 2.85. The Hall–Kier alpha value is -3.34. The van der Waals surface area contributed by atoms with Gasteiger partial charge in [-0.25, -0.2) is 9.97 Å². The smallest absolute Gasteiger partial charge is 0.267 e. The quantitative estimate of drug-likeness (QED) is 0.548. The Bertz CT molecular complexity index is 1030. The highest BCUT2D eigenvalue weighted by Gasteiger charge is 2.32. The number of hydrogen-bond donors (Lipinski definition) is 1. The molecule has 3 heterocycles. The summed E-state index contributed by atoms with van der Waals surface area (Å²) in [6, 6.07) is 17.4.